The van der Waals surface area contributed by atoms with Gasteiger partial charge >= 0.3 is 0 Å². The lowest BCUT2D eigenvalue weighted by atomic mass is 10.1. The smallest absolute Gasteiger partial charge is 0.203 e. The van der Waals surface area contributed by atoms with Crippen LogP contribution in [-0.4, -0.2) is 54.1 Å². The van der Waals surface area contributed by atoms with Crippen molar-refractivity contribution in [2.24, 2.45) is 0 Å². The second kappa shape index (κ2) is 9.83. The van der Waals surface area contributed by atoms with E-state index in [0.29, 0.717) is 11.5 Å². The van der Waals surface area contributed by atoms with Gasteiger partial charge in [-0.1, -0.05) is 36.4 Å². The van der Waals surface area contributed by atoms with Crippen LogP contribution >= 0.6 is 0 Å². The van der Waals surface area contributed by atoms with Crippen molar-refractivity contribution in [2.45, 2.75) is 32.4 Å². The molecule has 0 saturated carbocycles. The van der Waals surface area contributed by atoms with Gasteiger partial charge < -0.3 is 18.8 Å². The predicted octanol–water partition coefficient (Wildman–Crippen LogP) is 3.15. The first-order valence-corrected chi connectivity index (χ1v) is 10.7. The van der Waals surface area contributed by atoms with E-state index < -0.39 is 0 Å². The zero-order valence-corrected chi connectivity index (χ0v) is 18.5. The molecule has 31 heavy (non-hydrogen) atoms. The van der Waals surface area contributed by atoms with Crippen LogP contribution in [0.25, 0.3) is 0 Å². The van der Waals surface area contributed by atoms with Crippen molar-refractivity contribution < 1.29 is 14.2 Å². The van der Waals surface area contributed by atoms with Crippen LogP contribution in [0.5, 0.6) is 17.2 Å². The molecule has 7 nitrogen and oxygen atoms in total. The Kier molecular flexibility index (Phi) is 6.72. The first-order valence-electron chi connectivity index (χ1n) is 10.7. The van der Waals surface area contributed by atoms with Crippen LogP contribution in [-0.2, 0) is 32.4 Å². The molecule has 1 aromatic heterocycles. The molecule has 3 aromatic rings. The maximum absolute atomic E-state index is 5.66. The van der Waals surface area contributed by atoms with Gasteiger partial charge in [0.25, 0.3) is 0 Å². The van der Waals surface area contributed by atoms with Crippen molar-refractivity contribution >= 4 is 0 Å². The summed E-state index contributed by atoms with van der Waals surface area (Å²) in [6, 6.07) is 14.5. The van der Waals surface area contributed by atoms with Gasteiger partial charge in [-0.2, -0.15) is 0 Å². The molecule has 4 rings (SSSR count). The molecule has 0 unspecified atom stereocenters. The van der Waals surface area contributed by atoms with Crippen LogP contribution in [0.1, 0.15) is 22.8 Å². The highest BCUT2D eigenvalue weighted by Gasteiger charge is 2.22. The van der Waals surface area contributed by atoms with Crippen molar-refractivity contribution in [1.82, 2.24) is 19.7 Å². The fraction of sp³-hybridized carbons (Fsp3) is 0.417. The molecule has 0 radical (unpaired) electrons. The van der Waals surface area contributed by atoms with Gasteiger partial charge in [-0.3, -0.25) is 4.90 Å². The Hall–Kier alpha value is -3.06. The summed E-state index contributed by atoms with van der Waals surface area (Å²) in [5.41, 5.74) is 2.41. The van der Waals surface area contributed by atoms with Gasteiger partial charge in [0.15, 0.2) is 11.5 Å². The molecule has 0 atom stereocenters. The Morgan fingerprint density at radius 1 is 0.806 bits per heavy atom. The minimum Gasteiger partial charge on any atom is -0.493 e. The van der Waals surface area contributed by atoms with Crippen LogP contribution in [0.4, 0.5) is 0 Å². The molecule has 0 amide bonds. The summed E-state index contributed by atoms with van der Waals surface area (Å²) in [5.74, 6) is 4.19. The van der Waals surface area contributed by atoms with E-state index in [9.17, 15) is 0 Å². The standard InChI is InChI=1S/C24H30N4O3/c1-29-20-11-10-19(23(30-2)24(20)31-3)17-27-14-13-22-26-25-21(28(22)16-15-27)12-9-18-7-5-4-6-8-18/h4-8,10-11H,9,12-17H2,1-3H3. The topological polar surface area (TPSA) is 61.6 Å². The van der Waals surface area contributed by atoms with E-state index in [4.69, 9.17) is 14.2 Å². The molecule has 0 spiro atoms. The zero-order valence-electron chi connectivity index (χ0n) is 18.5. The number of ether oxygens (including phenoxy) is 3. The lowest BCUT2D eigenvalue weighted by Crippen LogP contribution is -2.27. The largest absolute Gasteiger partial charge is 0.493 e. The Morgan fingerprint density at radius 3 is 2.35 bits per heavy atom. The number of aromatic nitrogens is 3. The number of methoxy groups -OCH3 is 3. The monoisotopic (exact) mass is 422 g/mol. The van der Waals surface area contributed by atoms with E-state index in [-0.39, 0.29) is 0 Å². The Balaban J connectivity index is 1.44. The first kappa shape index (κ1) is 21.2. The van der Waals surface area contributed by atoms with Crippen molar-refractivity contribution in [3.63, 3.8) is 0 Å². The van der Waals surface area contributed by atoms with Gasteiger partial charge in [0.1, 0.15) is 11.6 Å². The van der Waals surface area contributed by atoms with Crippen LogP contribution in [0.2, 0.25) is 0 Å². The average Bonchev–Trinajstić information content (AvgIpc) is 3.09. The third kappa shape index (κ3) is 4.66. The molecule has 1 aliphatic rings. The Morgan fingerprint density at radius 2 is 1.61 bits per heavy atom. The number of hydrogen-bond donors (Lipinski definition) is 0. The molecule has 0 N–H and O–H groups in total. The second-order valence-electron chi connectivity index (χ2n) is 7.69. The number of fused-ring (bicyclic) bond motifs is 1. The molecule has 0 saturated heterocycles. The molecule has 2 heterocycles. The van der Waals surface area contributed by atoms with E-state index in [1.807, 2.05) is 6.07 Å². The average molecular weight is 423 g/mol. The van der Waals surface area contributed by atoms with Crippen LogP contribution < -0.4 is 14.2 Å². The summed E-state index contributed by atoms with van der Waals surface area (Å²) in [6.45, 7) is 3.53. The van der Waals surface area contributed by atoms with Gasteiger partial charge in [0, 0.05) is 44.6 Å². The normalized spacial score (nSPS) is 14.0. The van der Waals surface area contributed by atoms with Gasteiger partial charge in [0.2, 0.25) is 5.75 Å². The highest BCUT2D eigenvalue weighted by Crippen LogP contribution is 2.40. The highest BCUT2D eigenvalue weighted by atomic mass is 16.5. The second-order valence-corrected chi connectivity index (χ2v) is 7.69. The quantitative estimate of drug-likeness (QED) is 0.556. The van der Waals surface area contributed by atoms with E-state index in [1.165, 1.54) is 5.56 Å². The number of benzene rings is 2. The fourth-order valence-electron chi connectivity index (χ4n) is 4.20. The van der Waals surface area contributed by atoms with Gasteiger partial charge in [-0.15, -0.1) is 10.2 Å². The third-order valence-electron chi connectivity index (χ3n) is 5.86. The fourth-order valence-corrected chi connectivity index (χ4v) is 4.20. The summed E-state index contributed by atoms with van der Waals surface area (Å²) < 4.78 is 18.9. The van der Waals surface area contributed by atoms with Gasteiger partial charge in [-0.05, 0) is 18.1 Å². The lowest BCUT2D eigenvalue weighted by molar-refractivity contribution is 0.261. The molecular weight excluding hydrogens is 392 g/mol. The molecule has 7 heteroatoms. The number of hydrogen-bond acceptors (Lipinski definition) is 6. The summed E-state index contributed by atoms with van der Waals surface area (Å²) in [4.78, 5) is 2.43. The Labute approximate surface area is 183 Å². The molecule has 0 aliphatic carbocycles. The van der Waals surface area contributed by atoms with Crippen molar-refractivity contribution in [1.29, 1.82) is 0 Å². The number of rotatable bonds is 8. The van der Waals surface area contributed by atoms with Crippen molar-refractivity contribution in [3.05, 3.63) is 65.2 Å². The number of aryl methyl sites for hydroxylation is 2. The van der Waals surface area contributed by atoms with Crippen molar-refractivity contribution in [2.75, 3.05) is 34.4 Å². The first-order chi connectivity index (χ1) is 15.2. The van der Waals surface area contributed by atoms with E-state index in [0.717, 1.165) is 68.4 Å². The van der Waals surface area contributed by atoms with Crippen LogP contribution in [0.3, 0.4) is 0 Å². The van der Waals surface area contributed by atoms with Crippen LogP contribution in [0, 0.1) is 0 Å². The summed E-state index contributed by atoms with van der Waals surface area (Å²) in [7, 11) is 4.94. The van der Waals surface area contributed by atoms with Gasteiger partial charge in [-0.25, -0.2) is 0 Å². The maximum Gasteiger partial charge on any atom is 0.203 e. The molecule has 1 aliphatic heterocycles. The van der Waals surface area contributed by atoms with E-state index in [1.54, 1.807) is 21.3 Å². The molecule has 0 fully saturated rings. The predicted molar refractivity (Wildman–Crippen MR) is 119 cm³/mol. The maximum atomic E-state index is 5.66. The molecule has 164 valence electrons. The summed E-state index contributed by atoms with van der Waals surface area (Å²) in [5, 5.41) is 8.96. The van der Waals surface area contributed by atoms with E-state index >= 15 is 0 Å². The molecule has 2 aromatic carbocycles. The number of nitrogens with zero attached hydrogens (tertiary/aromatic N) is 4. The Bertz CT molecular complexity index is 1000. The zero-order chi connectivity index (χ0) is 21.6. The molecular formula is C24H30N4O3. The minimum absolute atomic E-state index is 0.637. The summed E-state index contributed by atoms with van der Waals surface area (Å²) in [6.07, 6.45) is 2.76. The minimum atomic E-state index is 0.637. The summed E-state index contributed by atoms with van der Waals surface area (Å²) >= 11 is 0. The van der Waals surface area contributed by atoms with Gasteiger partial charge in [0.05, 0.1) is 21.3 Å². The lowest BCUT2D eigenvalue weighted by Gasteiger charge is -2.22. The van der Waals surface area contributed by atoms with E-state index in [2.05, 4.69) is 56.1 Å². The van der Waals surface area contributed by atoms with Crippen LogP contribution in [0.15, 0.2) is 42.5 Å². The highest BCUT2D eigenvalue weighted by molar-refractivity contribution is 5.55. The van der Waals surface area contributed by atoms with Crippen molar-refractivity contribution in [3.8, 4) is 17.2 Å². The SMILES string of the molecule is COc1ccc(CN2CCc3nnc(CCc4ccccc4)n3CC2)c(OC)c1OC. The molecule has 0 bridgehead atoms. The third-order valence-corrected chi connectivity index (χ3v) is 5.86.